The molecule has 2 N–H and O–H groups in total. The Morgan fingerprint density at radius 1 is 1.06 bits per heavy atom. The Balaban J connectivity index is 3.21. The minimum absolute atomic E-state index is 0.0251. The van der Waals surface area contributed by atoms with E-state index in [0.717, 1.165) is 12.8 Å². The molecule has 16 heavy (non-hydrogen) atoms. The van der Waals surface area contributed by atoms with Gasteiger partial charge in [0, 0.05) is 6.42 Å². The van der Waals surface area contributed by atoms with Gasteiger partial charge >= 0.3 is 0 Å². The van der Waals surface area contributed by atoms with Gasteiger partial charge in [-0.3, -0.25) is 4.79 Å². The molecule has 1 atom stereocenters. The Bertz CT molecular complexity index is 171. The van der Waals surface area contributed by atoms with E-state index in [9.17, 15) is 9.90 Å². The molecule has 0 fully saturated rings. The van der Waals surface area contributed by atoms with E-state index >= 15 is 0 Å². The third kappa shape index (κ3) is 9.97. The number of hydrogen-bond acceptors (Lipinski definition) is 2. The standard InChI is InChI=1S/C13H27NO2/c1-3-5-6-7-8-9-10-11-13(16)14-12(15)4-2/h12,15H,3-11H2,1-2H3,(H,14,16). The number of carbonyl (C=O) groups is 1. The summed E-state index contributed by atoms with van der Waals surface area (Å²) in [5.74, 6) is -0.0251. The van der Waals surface area contributed by atoms with Crippen molar-refractivity contribution in [2.45, 2.75) is 77.9 Å². The van der Waals surface area contributed by atoms with E-state index in [1.807, 2.05) is 6.92 Å². The topological polar surface area (TPSA) is 49.3 Å². The van der Waals surface area contributed by atoms with Crippen molar-refractivity contribution in [2.24, 2.45) is 0 Å². The number of amides is 1. The van der Waals surface area contributed by atoms with Crippen LogP contribution in [0, 0.1) is 0 Å². The van der Waals surface area contributed by atoms with E-state index in [4.69, 9.17) is 0 Å². The van der Waals surface area contributed by atoms with Crippen molar-refractivity contribution in [3.05, 3.63) is 0 Å². The maximum absolute atomic E-state index is 11.3. The van der Waals surface area contributed by atoms with Crippen LogP contribution in [0.3, 0.4) is 0 Å². The van der Waals surface area contributed by atoms with Gasteiger partial charge in [-0.2, -0.15) is 0 Å². The lowest BCUT2D eigenvalue weighted by molar-refractivity contribution is -0.124. The molecule has 0 bridgehead atoms. The van der Waals surface area contributed by atoms with Crippen molar-refractivity contribution in [1.29, 1.82) is 0 Å². The molecule has 1 unspecified atom stereocenters. The zero-order valence-electron chi connectivity index (χ0n) is 10.8. The van der Waals surface area contributed by atoms with Crippen molar-refractivity contribution < 1.29 is 9.90 Å². The van der Waals surface area contributed by atoms with Gasteiger partial charge in [0.1, 0.15) is 6.23 Å². The van der Waals surface area contributed by atoms with E-state index in [0.29, 0.717) is 12.8 Å². The average Bonchev–Trinajstić information content (AvgIpc) is 2.27. The molecule has 0 saturated heterocycles. The van der Waals surface area contributed by atoms with Gasteiger partial charge in [0.15, 0.2) is 0 Å². The number of carbonyl (C=O) groups excluding carboxylic acids is 1. The largest absolute Gasteiger partial charge is 0.374 e. The molecule has 0 aromatic carbocycles. The summed E-state index contributed by atoms with van der Waals surface area (Å²) >= 11 is 0. The highest BCUT2D eigenvalue weighted by atomic mass is 16.3. The molecule has 0 saturated carbocycles. The number of nitrogens with one attached hydrogen (secondary N) is 1. The fourth-order valence-corrected chi connectivity index (χ4v) is 1.60. The fraction of sp³-hybridized carbons (Fsp3) is 0.923. The second kappa shape index (κ2) is 10.9. The van der Waals surface area contributed by atoms with Crippen molar-refractivity contribution in [2.75, 3.05) is 0 Å². The molecule has 0 heterocycles. The smallest absolute Gasteiger partial charge is 0.221 e. The lowest BCUT2D eigenvalue weighted by atomic mass is 10.1. The average molecular weight is 229 g/mol. The monoisotopic (exact) mass is 229 g/mol. The molecular formula is C13H27NO2. The zero-order chi connectivity index (χ0) is 12.2. The summed E-state index contributed by atoms with van der Waals surface area (Å²) in [4.78, 5) is 11.3. The second-order valence-electron chi connectivity index (χ2n) is 4.36. The summed E-state index contributed by atoms with van der Waals surface area (Å²) in [5.41, 5.74) is 0. The van der Waals surface area contributed by atoms with Crippen molar-refractivity contribution >= 4 is 5.91 Å². The second-order valence-corrected chi connectivity index (χ2v) is 4.36. The van der Waals surface area contributed by atoms with Crippen LogP contribution in [0.1, 0.15) is 71.6 Å². The number of unbranched alkanes of at least 4 members (excludes halogenated alkanes) is 6. The fourth-order valence-electron chi connectivity index (χ4n) is 1.60. The van der Waals surface area contributed by atoms with Crippen LogP contribution in [-0.4, -0.2) is 17.2 Å². The Labute approximate surface area is 99.6 Å². The first kappa shape index (κ1) is 15.4. The predicted molar refractivity (Wildman–Crippen MR) is 67.1 cm³/mol. The Hall–Kier alpha value is -0.570. The van der Waals surface area contributed by atoms with Gasteiger partial charge in [0.05, 0.1) is 0 Å². The molecule has 0 aromatic rings. The highest BCUT2D eigenvalue weighted by Crippen LogP contribution is 2.08. The van der Waals surface area contributed by atoms with E-state index in [1.165, 1.54) is 32.1 Å². The summed E-state index contributed by atoms with van der Waals surface area (Å²) in [6.07, 6.45) is 8.94. The van der Waals surface area contributed by atoms with Crippen LogP contribution in [0.2, 0.25) is 0 Å². The van der Waals surface area contributed by atoms with Crippen LogP contribution < -0.4 is 5.32 Å². The molecular weight excluding hydrogens is 202 g/mol. The molecule has 3 heteroatoms. The van der Waals surface area contributed by atoms with Crippen molar-refractivity contribution in [3.63, 3.8) is 0 Å². The van der Waals surface area contributed by atoms with E-state index in [-0.39, 0.29) is 5.91 Å². The van der Waals surface area contributed by atoms with Gasteiger partial charge < -0.3 is 10.4 Å². The molecule has 0 aliphatic heterocycles. The van der Waals surface area contributed by atoms with Crippen LogP contribution in [0.4, 0.5) is 0 Å². The van der Waals surface area contributed by atoms with E-state index < -0.39 is 6.23 Å². The van der Waals surface area contributed by atoms with Gasteiger partial charge in [-0.1, -0.05) is 52.4 Å². The van der Waals surface area contributed by atoms with Crippen LogP contribution in [-0.2, 0) is 4.79 Å². The lowest BCUT2D eigenvalue weighted by Gasteiger charge is -2.09. The SMILES string of the molecule is CCCCCCCCCC(=O)NC(O)CC. The third-order valence-corrected chi connectivity index (χ3v) is 2.72. The molecule has 1 amide bonds. The Kier molecular flexibility index (Phi) is 10.5. The predicted octanol–water partition coefficient (Wildman–Crippen LogP) is 2.97. The van der Waals surface area contributed by atoms with Crippen LogP contribution in [0.5, 0.6) is 0 Å². The van der Waals surface area contributed by atoms with Crippen molar-refractivity contribution in [1.82, 2.24) is 5.32 Å². The van der Waals surface area contributed by atoms with Crippen LogP contribution >= 0.6 is 0 Å². The Morgan fingerprint density at radius 2 is 1.62 bits per heavy atom. The normalized spacial score (nSPS) is 12.4. The third-order valence-electron chi connectivity index (χ3n) is 2.72. The highest BCUT2D eigenvalue weighted by Gasteiger charge is 2.05. The van der Waals surface area contributed by atoms with Gasteiger partial charge in [0.25, 0.3) is 0 Å². The summed E-state index contributed by atoms with van der Waals surface area (Å²) in [6, 6.07) is 0. The zero-order valence-corrected chi connectivity index (χ0v) is 10.8. The molecule has 0 aromatic heterocycles. The molecule has 0 aliphatic carbocycles. The quantitative estimate of drug-likeness (QED) is 0.447. The van der Waals surface area contributed by atoms with Gasteiger partial charge in [-0.05, 0) is 12.8 Å². The van der Waals surface area contributed by atoms with Crippen molar-refractivity contribution in [3.8, 4) is 0 Å². The van der Waals surface area contributed by atoms with E-state index in [2.05, 4.69) is 12.2 Å². The minimum atomic E-state index is -0.669. The minimum Gasteiger partial charge on any atom is -0.374 e. The molecule has 96 valence electrons. The molecule has 0 radical (unpaired) electrons. The summed E-state index contributed by atoms with van der Waals surface area (Å²) in [6.45, 7) is 4.06. The molecule has 0 spiro atoms. The molecule has 0 rings (SSSR count). The first-order chi connectivity index (χ1) is 7.70. The molecule has 0 aliphatic rings. The van der Waals surface area contributed by atoms with E-state index in [1.54, 1.807) is 0 Å². The first-order valence-corrected chi connectivity index (χ1v) is 6.68. The lowest BCUT2D eigenvalue weighted by Crippen LogP contribution is -2.33. The summed E-state index contributed by atoms with van der Waals surface area (Å²) in [7, 11) is 0. The Morgan fingerprint density at radius 3 is 2.19 bits per heavy atom. The van der Waals surface area contributed by atoms with Gasteiger partial charge in [-0.15, -0.1) is 0 Å². The number of aliphatic hydroxyl groups is 1. The highest BCUT2D eigenvalue weighted by molar-refractivity contribution is 5.75. The molecule has 3 nitrogen and oxygen atoms in total. The van der Waals surface area contributed by atoms with Gasteiger partial charge in [0.2, 0.25) is 5.91 Å². The van der Waals surface area contributed by atoms with Gasteiger partial charge in [-0.25, -0.2) is 0 Å². The first-order valence-electron chi connectivity index (χ1n) is 6.68. The maximum Gasteiger partial charge on any atom is 0.221 e. The number of aliphatic hydroxyl groups excluding tert-OH is 1. The summed E-state index contributed by atoms with van der Waals surface area (Å²) < 4.78 is 0. The summed E-state index contributed by atoms with van der Waals surface area (Å²) in [5, 5.41) is 11.8. The van der Waals surface area contributed by atoms with Crippen LogP contribution in [0.15, 0.2) is 0 Å². The number of rotatable bonds is 10. The van der Waals surface area contributed by atoms with Crippen LogP contribution in [0.25, 0.3) is 0 Å². The maximum atomic E-state index is 11.3. The number of hydrogen-bond donors (Lipinski definition) is 2.